The van der Waals surface area contributed by atoms with E-state index in [0.717, 1.165) is 5.56 Å². The number of nitrogens with zero attached hydrogens (tertiary/aromatic N) is 4. The number of hydrogen-bond donors (Lipinski definition) is 4. The van der Waals surface area contributed by atoms with E-state index < -0.39 is 60.2 Å². The van der Waals surface area contributed by atoms with Crippen LogP contribution in [0.2, 0.25) is 0 Å². The molecule has 18 heteroatoms. The lowest BCUT2D eigenvalue weighted by atomic mass is 9.96. The molecule has 2 aromatic carbocycles. The molecule has 6 rings (SSSR count). The van der Waals surface area contributed by atoms with Crippen LogP contribution in [-0.4, -0.2) is 102 Å². The molecule has 3 fully saturated rings. The maximum absolute atomic E-state index is 15.4. The van der Waals surface area contributed by atoms with Crippen LogP contribution < -0.4 is 21.4 Å². The summed E-state index contributed by atoms with van der Waals surface area (Å²) < 4.78 is 29.9. The highest BCUT2D eigenvalue weighted by Crippen LogP contribution is 2.34. The number of carbonyl (C=O) groups excluding carboxylic acids is 5. The zero-order valence-corrected chi connectivity index (χ0v) is 27.7. The van der Waals surface area contributed by atoms with Gasteiger partial charge < -0.3 is 45.0 Å². The van der Waals surface area contributed by atoms with Gasteiger partial charge in [-0.2, -0.15) is 0 Å². The summed E-state index contributed by atoms with van der Waals surface area (Å²) in [6.45, 7) is 5.62. The summed E-state index contributed by atoms with van der Waals surface area (Å²) in [6.07, 6.45) is -2.41. The molecule has 0 aliphatic carbocycles. The predicted octanol–water partition coefficient (Wildman–Crippen LogP) is 0.162. The molecular formula is C33H36FN7O10. The van der Waals surface area contributed by atoms with Crippen molar-refractivity contribution in [3.8, 4) is 0 Å². The molecule has 4 aliphatic rings. The number of anilines is 1. The van der Waals surface area contributed by atoms with Crippen molar-refractivity contribution >= 4 is 47.1 Å². The number of piperazine rings is 1. The van der Waals surface area contributed by atoms with Crippen molar-refractivity contribution in [3.63, 3.8) is 0 Å². The Morgan fingerprint density at radius 1 is 1.04 bits per heavy atom. The molecule has 2 bridgehead atoms. The van der Waals surface area contributed by atoms with Crippen LogP contribution >= 0.6 is 0 Å². The normalized spacial score (nSPS) is 24.9. The first-order valence-electron chi connectivity index (χ1n) is 16.2. The Kier molecular flexibility index (Phi) is 9.52. The van der Waals surface area contributed by atoms with Gasteiger partial charge in [-0.1, -0.05) is 37.2 Å². The largest absolute Gasteiger partial charge is 0.510 e. The standard InChI is InChI=1S/C33H36FN7O10/c1-18(2)19-3-5-20(6-4-19)28(44)37-38-31(35)41-11-9-40(10-12-41)25-8-7-21(13-23(25)34)24-14-22(51-39-24)17-36-29(45)33-48-26(42)15-32(47,30(46)50-33)16-27(43)49-33/h3-8,13,18,22,47H,9-12,14-17H2,1-2H3,(H2,35,38)(H,36,45)(H,37,44). The minimum Gasteiger partial charge on any atom is -0.390 e. The Bertz CT molecular complexity index is 1790. The molecule has 2 amide bonds. The number of ether oxygens (including phenoxy) is 3. The van der Waals surface area contributed by atoms with Crippen LogP contribution in [0.25, 0.3) is 0 Å². The van der Waals surface area contributed by atoms with E-state index in [9.17, 15) is 29.1 Å². The van der Waals surface area contributed by atoms with Crippen LogP contribution in [0, 0.1) is 5.82 Å². The summed E-state index contributed by atoms with van der Waals surface area (Å²) in [5.41, 5.74) is 8.87. The van der Waals surface area contributed by atoms with Crippen molar-refractivity contribution in [2.75, 3.05) is 37.6 Å². The molecule has 1 unspecified atom stereocenters. The lowest BCUT2D eigenvalue weighted by molar-refractivity contribution is -0.305. The molecule has 51 heavy (non-hydrogen) atoms. The Morgan fingerprint density at radius 3 is 2.33 bits per heavy atom. The number of guanidine groups is 1. The van der Waals surface area contributed by atoms with Crippen LogP contribution in [0.3, 0.4) is 0 Å². The average Bonchev–Trinajstić information content (AvgIpc) is 3.51. The van der Waals surface area contributed by atoms with Gasteiger partial charge in [0.2, 0.25) is 5.96 Å². The third kappa shape index (κ3) is 7.40. The Morgan fingerprint density at radius 2 is 1.71 bits per heavy atom. The predicted molar refractivity (Wildman–Crippen MR) is 174 cm³/mol. The number of aliphatic hydroxyl groups is 1. The lowest BCUT2D eigenvalue weighted by Crippen LogP contribution is -2.55. The fraction of sp³-hybridized carbons (Fsp3) is 0.424. The average molecular weight is 710 g/mol. The van der Waals surface area contributed by atoms with Crippen molar-refractivity contribution in [2.24, 2.45) is 16.0 Å². The first kappa shape index (κ1) is 35.1. The first-order chi connectivity index (χ1) is 24.2. The van der Waals surface area contributed by atoms with Crippen LogP contribution in [0.5, 0.6) is 0 Å². The van der Waals surface area contributed by atoms with Crippen molar-refractivity contribution in [1.82, 2.24) is 15.6 Å². The fourth-order valence-electron chi connectivity index (χ4n) is 5.88. The highest BCUT2D eigenvalue weighted by atomic mass is 19.1. The second kappa shape index (κ2) is 13.9. The van der Waals surface area contributed by atoms with Crippen LogP contribution in [0.1, 0.15) is 60.5 Å². The molecule has 3 saturated heterocycles. The number of hydrazone groups is 1. The first-order valence-corrected chi connectivity index (χ1v) is 16.2. The van der Waals surface area contributed by atoms with E-state index in [4.69, 9.17) is 24.8 Å². The van der Waals surface area contributed by atoms with Gasteiger partial charge in [-0.25, -0.2) is 14.6 Å². The van der Waals surface area contributed by atoms with Gasteiger partial charge in [0.1, 0.15) is 11.9 Å². The van der Waals surface area contributed by atoms with Gasteiger partial charge in [-0.3, -0.25) is 19.2 Å². The number of nitrogens with one attached hydrogen (secondary N) is 2. The zero-order valence-electron chi connectivity index (χ0n) is 27.7. The van der Waals surface area contributed by atoms with E-state index in [0.29, 0.717) is 54.6 Å². The van der Waals surface area contributed by atoms with Crippen molar-refractivity contribution in [3.05, 3.63) is 65.0 Å². The quantitative estimate of drug-likeness (QED) is 0.124. The molecular weight excluding hydrogens is 673 g/mol. The molecule has 0 saturated carbocycles. The summed E-state index contributed by atoms with van der Waals surface area (Å²) in [4.78, 5) is 71.1. The van der Waals surface area contributed by atoms with Crippen LogP contribution in [0.4, 0.5) is 10.1 Å². The Hall–Kier alpha value is -5.78. The van der Waals surface area contributed by atoms with E-state index in [1.165, 1.54) is 6.07 Å². The summed E-state index contributed by atoms with van der Waals surface area (Å²) in [7, 11) is 0. The molecule has 2 aromatic rings. The van der Waals surface area contributed by atoms with Crippen molar-refractivity contribution < 1.29 is 52.5 Å². The molecule has 0 spiro atoms. The number of halogens is 1. The van der Waals surface area contributed by atoms with Gasteiger partial charge in [-0.05, 0) is 35.7 Å². The Balaban J connectivity index is 0.989. The number of benzene rings is 2. The van der Waals surface area contributed by atoms with E-state index >= 15 is 4.39 Å². The van der Waals surface area contributed by atoms with Crippen molar-refractivity contribution in [2.45, 2.75) is 56.7 Å². The van der Waals surface area contributed by atoms with Gasteiger partial charge in [0.15, 0.2) is 5.60 Å². The summed E-state index contributed by atoms with van der Waals surface area (Å²) in [5, 5.41) is 20.7. The maximum Gasteiger partial charge on any atom is 0.510 e. The molecule has 17 nitrogen and oxygen atoms in total. The van der Waals surface area contributed by atoms with E-state index in [1.807, 2.05) is 17.0 Å². The SMILES string of the molecule is CC(C)c1ccc(C(=O)N/N=C(\N)N2CCN(c3ccc(C4=NOC(CNC(=O)C56OC(=O)CC(O)(CC(=O)O5)C(=O)O6)C4)cc3F)CC2)cc1. The fourth-order valence-corrected chi connectivity index (χ4v) is 5.88. The highest BCUT2D eigenvalue weighted by Gasteiger charge is 2.63. The third-order valence-electron chi connectivity index (χ3n) is 8.82. The number of esters is 3. The Labute approximate surface area is 290 Å². The van der Waals surface area contributed by atoms with Gasteiger partial charge in [0.25, 0.3) is 5.91 Å². The minimum absolute atomic E-state index is 0.140. The monoisotopic (exact) mass is 709 g/mol. The third-order valence-corrected chi connectivity index (χ3v) is 8.82. The second-order valence-electron chi connectivity index (χ2n) is 12.8. The molecule has 4 aliphatic heterocycles. The van der Waals surface area contributed by atoms with Gasteiger partial charge in [-0.15, -0.1) is 5.10 Å². The zero-order chi connectivity index (χ0) is 36.5. The summed E-state index contributed by atoms with van der Waals surface area (Å²) >= 11 is 0. The highest BCUT2D eigenvalue weighted by molar-refractivity contribution is 6.02. The van der Waals surface area contributed by atoms with E-state index in [-0.39, 0.29) is 24.8 Å². The molecule has 0 radical (unpaired) electrons. The van der Waals surface area contributed by atoms with Crippen LogP contribution in [-0.2, 0) is 38.2 Å². The molecule has 4 heterocycles. The van der Waals surface area contributed by atoms with E-state index in [2.05, 4.69) is 34.8 Å². The van der Waals surface area contributed by atoms with Gasteiger partial charge in [0.05, 0.1) is 30.8 Å². The number of hydrogen-bond acceptors (Lipinski definition) is 13. The number of fused-ring (bicyclic) bond motifs is 3. The van der Waals surface area contributed by atoms with E-state index in [1.54, 1.807) is 29.2 Å². The topological polar surface area (TPSA) is 224 Å². The van der Waals surface area contributed by atoms with Gasteiger partial charge >= 0.3 is 29.8 Å². The molecule has 0 aromatic heterocycles. The molecule has 1 atom stereocenters. The lowest BCUT2D eigenvalue weighted by Gasteiger charge is -2.36. The molecule has 5 N–H and O–H groups in total. The number of carbonyl (C=O) groups is 5. The van der Waals surface area contributed by atoms with Crippen LogP contribution in [0.15, 0.2) is 52.7 Å². The summed E-state index contributed by atoms with van der Waals surface area (Å²) in [6, 6.07) is 11.9. The number of amides is 2. The summed E-state index contributed by atoms with van der Waals surface area (Å²) in [5.74, 6) is -8.54. The number of oxime groups is 1. The number of nitrogens with two attached hydrogens (primary N) is 1. The van der Waals surface area contributed by atoms with Gasteiger partial charge in [0, 0.05) is 43.7 Å². The smallest absolute Gasteiger partial charge is 0.390 e. The molecule has 270 valence electrons. The minimum atomic E-state index is -3.05. The second-order valence-corrected chi connectivity index (χ2v) is 12.8. The number of rotatable bonds is 8. The van der Waals surface area contributed by atoms with Crippen molar-refractivity contribution in [1.29, 1.82) is 0 Å². The maximum atomic E-state index is 15.4.